The van der Waals surface area contributed by atoms with Crippen LogP contribution in [0, 0.1) is 0 Å². The summed E-state index contributed by atoms with van der Waals surface area (Å²) in [6, 6.07) is -0.948. The molecule has 0 bridgehead atoms. The SMILES string of the molecule is C=CCOC(=O)NC(CCC(=O)OCC)C(=O)OCC. The molecule has 0 aromatic heterocycles. The van der Waals surface area contributed by atoms with Crippen molar-refractivity contribution >= 4 is 18.0 Å². The molecule has 7 nitrogen and oxygen atoms in total. The van der Waals surface area contributed by atoms with Crippen molar-refractivity contribution in [3.05, 3.63) is 12.7 Å². The van der Waals surface area contributed by atoms with Gasteiger partial charge in [-0.3, -0.25) is 4.79 Å². The molecular formula is C13H21NO6. The number of amides is 1. The standard InChI is InChI=1S/C13H21NO6/c1-4-9-20-13(17)14-10(12(16)19-6-3)7-8-11(15)18-5-2/h4,10H,1,5-9H2,2-3H3,(H,14,17). The third-order valence-corrected chi connectivity index (χ3v) is 2.14. The van der Waals surface area contributed by atoms with Crippen LogP contribution in [0.15, 0.2) is 12.7 Å². The molecule has 0 radical (unpaired) electrons. The van der Waals surface area contributed by atoms with Crippen LogP contribution in [0.5, 0.6) is 0 Å². The van der Waals surface area contributed by atoms with E-state index < -0.39 is 24.1 Å². The Morgan fingerprint density at radius 3 is 2.35 bits per heavy atom. The largest absolute Gasteiger partial charge is 0.466 e. The first-order valence-electron chi connectivity index (χ1n) is 6.41. The number of rotatable bonds is 9. The van der Waals surface area contributed by atoms with Gasteiger partial charge in [0.05, 0.1) is 13.2 Å². The number of carbonyl (C=O) groups is 3. The minimum Gasteiger partial charge on any atom is -0.466 e. The molecule has 0 heterocycles. The maximum absolute atomic E-state index is 11.7. The first-order valence-corrected chi connectivity index (χ1v) is 6.41. The summed E-state index contributed by atoms with van der Waals surface area (Å²) < 4.78 is 14.3. The van der Waals surface area contributed by atoms with Gasteiger partial charge < -0.3 is 19.5 Å². The first kappa shape index (κ1) is 17.9. The summed E-state index contributed by atoms with van der Waals surface area (Å²) >= 11 is 0. The number of esters is 2. The molecule has 1 N–H and O–H groups in total. The van der Waals surface area contributed by atoms with E-state index in [1.54, 1.807) is 13.8 Å². The second-order valence-electron chi connectivity index (χ2n) is 3.68. The van der Waals surface area contributed by atoms with Gasteiger partial charge in [0.15, 0.2) is 0 Å². The van der Waals surface area contributed by atoms with Gasteiger partial charge in [-0.2, -0.15) is 0 Å². The Morgan fingerprint density at radius 2 is 1.80 bits per heavy atom. The van der Waals surface area contributed by atoms with Crippen LogP contribution in [0.4, 0.5) is 4.79 Å². The van der Waals surface area contributed by atoms with E-state index in [1.807, 2.05) is 0 Å². The normalized spacial score (nSPS) is 11.1. The molecule has 0 saturated carbocycles. The van der Waals surface area contributed by atoms with Crippen molar-refractivity contribution < 1.29 is 28.6 Å². The topological polar surface area (TPSA) is 90.9 Å². The molecule has 0 spiro atoms. The van der Waals surface area contributed by atoms with E-state index in [0.29, 0.717) is 0 Å². The number of ether oxygens (including phenoxy) is 3. The van der Waals surface area contributed by atoms with Crippen LogP contribution >= 0.6 is 0 Å². The van der Waals surface area contributed by atoms with Crippen LogP contribution in [0.2, 0.25) is 0 Å². The maximum Gasteiger partial charge on any atom is 0.408 e. The van der Waals surface area contributed by atoms with Gasteiger partial charge in [-0.25, -0.2) is 9.59 Å². The average Bonchev–Trinajstić information content (AvgIpc) is 2.41. The van der Waals surface area contributed by atoms with Gasteiger partial charge in [0.1, 0.15) is 12.6 Å². The quantitative estimate of drug-likeness (QED) is 0.389. The number of carbonyl (C=O) groups excluding carboxylic acids is 3. The Balaban J connectivity index is 4.40. The van der Waals surface area contributed by atoms with Gasteiger partial charge in [-0.15, -0.1) is 0 Å². The molecule has 0 aliphatic carbocycles. The predicted molar refractivity (Wildman–Crippen MR) is 71.0 cm³/mol. The van der Waals surface area contributed by atoms with E-state index in [2.05, 4.69) is 11.9 Å². The second-order valence-corrected chi connectivity index (χ2v) is 3.68. The lowest BCUT2D eigenvalue weighted by molar-refractivity contribution is -0.147. The molecule has 0 aromatic carbocycles. The number of nitrogens with one attached hydrogen (secondary N) is 1. The second kappa shape index (κ2) is 10.8. The van der Waals surface area contributed by atoms with Crippen LogP contribution in [-0.2, 0) is 23.8 Å². The molecule has 20 heavy (non-hydrogen) atoms. The zero-order valence-electron chi connectivity index (χ0n) is 11.8. The molecule has 1 amide bonds. The number of alkyl carbamates (subject to hydrolysis) is 1. The molecule has 1 atom stereocenters. The third kappa shape index (κ3) is 8.12. The van der Waals surface area contributed by atoms with Gasteiger partial charge in [0.2, 0.25) is 0 Å². The van der Waals surface area contributed by atoms with E-state index >= 15 is 0 Å². The number of hydrogen-bond acceptors (Lipinski definition) is 6. The number of hydrogen-bond donors (Lipinski definition) is 1. The smallest absolute Gasteiger partial charge is 0.408 e. The summed E-state index contributed by atoms with van der Waals surface area (Å²) in [6.45, 7) is 7.20. The van der Waals surface area contributed by atoms with Crippen molar-refractivity contribution in [2.45, 2.75) is 32.7 Å². The van der Waals surface area contributed by atoms with Crippen LogP contribution in [0.3, 0.4) is 0 Å². The van der Waals surface area contributed by atoms with E-state index in [1.165, 1.54) is 6.08 Å². The maximum atomic E-state index is 11.7. The fraction of sp³-hybridized carbons (Fsp3) is 0.615. The molecule has 0 aliphatic rings. The van der Waals surface area contributed by atoms with Gasteiger partial charge in [-0.1, -0.05) is 12.7 Å². The molecule has 0 aromatic rings. The summed E-state index contributed by atoms with van der Waals surface area (Å²) in [5.74, 6) is -1.06. The molecule has 0 aliphatic heterocycles. The highest BCUT2D eigenvalue weighted by atomic mass is 16.6. The van der Waals surface area contributed by atoms with E-state index in [9.17, 15) is 14.4 Å². The third-order valence-electron chi connectivity index (χ3n) is 2.14. The zero-order valence-corrected chi connectivity index (χ0v) is 11.8. The lowest BCUT2D eigenvalue weighted by Crippen LogP contribution is -2.42. The van der Waals surface area contributed by atoms with Gasteiger partial charge in [0.25, 0.3) is 0 Å². The lowest BCUT2D eigenvalue weighted by Gasteiger charge is -2.16. The minimum atomic E-state index is -0.948. The Labute approximate surface area is 118 Å². The summed E-state index contributed by atoms with van der Waals surface area (Å²) in [4.78, 5) is 34.3. The van der Waals surface area contributed by atoms with Crippen LogP contribution in [0.25, 0.3) is 0 Å². The Hall–Kier alpha value is -2.05. The fourth-order valence-electron chi connectivity index (χ4n) is 1.31. The summed E-state index contributed by atoms with van der Waals surface area (Å²) in [5, 5.41) is 2.34. The highest BCUT2D eigenvalue weighted by Gasteiger charge is 2.23. The molecule has 1 unspecified atom stereocenters. The molecule has 114 valence electrons. The summed E-state index contributed by atoms with van der Waals surface area (Å²) in [6.07, 6.45) is 0.712. The Morgan fingerprint density at radius 1 is 1.15 bits per heavy atom. The monoisotopic (exact) mass is 287 g/mol. The molecule has 7 heteroatoms. The summed E-state index contributed by atoms with van der Waals surface area (Å²) in [5.41, 5.74) is 0. The van der Waals surface area contributed by atoms with Crippen molar-refractivity contribution in [3.63, 3.8) is 0 Å². The molecular weight excluding hydrogens is 266 g/mol. The molecule has 0 fully saturated rings. The minimum absolute atomic E-state index is 0.000933. The van der Waals surface area contributed by atoms with Crippen molar-refractivity contribution in [2.24, 2.45) is 0 Å². The van der Waals surface area contributed by atoms with Crippen LogP contribution in [0.1, 0.15) is 26.7 Å². The molecule has 0 saturated heterocycles. The van der Waals surface area contributed by atoms with E-state index in [4.69, 9.17) is 14.2 Å². The van der Waals surface area contributed by atoms with E-state index in [0.717, 1.165) is 0 Å². The van der Waals surface area contributed by atoms with E-state index in [-0.39, 0.29) is 32.7 Å². The van der Waals surface area contributed by atoms with Crippen molar-refractivity contribution in [1.82, 2.24) is 5.32 Å². The Kier molecular flexibility index (Phi) is 9.72. The van der Waals surface area contributed by atoms with Gasteiger partial charge >= 0.3 is 18.0 Å². The summed E-state index contributed by atoms with van der Waals surface area (Å²) in [7, 11) is 0. The predicted octanol–water partition coefficient (Wildman–Crippen LogP) is 1.17. The van der Waals surface area contributed by atoms with Crippen molar-refractivity contribution in [3.8, 4) is 0 Å². The highest BCUT2D eigenvalue weighted by Crippen LogP contribution is 2.03. The first-order chi connectivity index (χ1) is 9.54. The van der Waals surface area contributed by atoms with Crippen LogP contribution < -0.4 is 5.32 Å². The highest BCUT2D eigenvalue weighted by molar-refractivity contribution is 5.82. The van der Waals surface area contributed by atoms with Crippen LogP contribution in [-0.4, -0.2) is 43.9 Å². The zero-order chi connectivity index (χ0) is 15.4. The molecule has 0 rings (SSSR count). The Bertz CT molecular complexity index is 342. The van der Waals surface area contributed by atoms with Gasteiger partial charge in [-0.05, 0) is 20.3 Å². The van der Waals surface area contributed by atoms with Gasteiger partial charge in [0, 0.05) is 6.42 Å². The lowest BCUT2D eigenvalue weighted by atomic mass is 10.1. The van der Waals surface area contributed by atoms with Crippen molar-refractivity contribution in [2.75, 3.05) is 19.8 Å². The average molecular weight is 287 g/mol. The van der Waals surface area contributed by atoms with Crippen molar-refractivity contribution in [1.29, 1.82) is 0 Å². The fourth-order valence-corrected chi connectivity index (χ4v) is 1.31.